The van der Waals surface area contributed by atoms with Crippen LogP contribution < -0.4 is 16.4 Å². The van der Waals surface area contributed by atoms with Crippen LogP contribution in [-0.2, 0) is 0 Å². The fraction of sp³-hybridized carbons (Fsp3) is 0.133. The van der Waals surface area contributed by atoms with Gasteiger partial charge in [0.2, 0.25) is 0 Å². The van der Waals surface area contributed by atoms with Gasteiger partial charge >= 0.3 is 0 Å². The molecule has 4 nitrogen and oxygen atoms in total. The van der Waals surface area contributed by atoms with E-state index in [0.29, 0.717) is 39.2 Å². The van der Waals surface area contributed by atoms with Crippen molar-refractivity contribution in [1.82, 2.24) is 5.32 Å². The Morgan fingerprint density at radius 1 is 1.14 bits per heavy atom. The SMILES string of the molecule is CCNC(=O)c1ccc(Nc2ccc(Cl)cc2Cl)c(N)c1. The third kappa shape index (κ3) is 3.80. The van der Waals surface area contributed by atoms with Crippen LogP contribution in [0.5, 0.6) is 0 Å². The first kappa shape index (κ1) is 15.5. The molecule has 6 heteroatoms. The number of hydrogen-bond acceptors (Lipinski definition) is 3. The Hall–Kier alpha value is -1.91. The summed E-state index contributed by atoms with van der Waals surface area (Å²) in [4.78, 5) is 11.7. The van der Waals surface area contributed by atoms with E-state index in [9.17, 15) is 4.79 Å². The highest BCUT2D eigenvalue weighted by molar-refractivity contribution is 6.36. The van der Waals surface area contributed by atoms with E-state index in [4.69, 9.17) is 28.9 Å². The van der Waals surface area contributed by atoms with Crippen LogP contribution in [0, 0.1) is 0 Å². The summed E-state index contributed by atoms with van der Waals surface area (Å²) in [6.45, 7) is 2.43. The summed E-state index contributed by atoms with van der Waals surface area (Å²) < 4.78 is 0. The summed E-state index contributed by atoms with van der Waals surface area (Å²) in [6.07, 6.45) is 0. The van der Waals surface area contributed by atoms with E-state index in [0.717, 1.165) is 0 Å². The van der Waals surface area contributed by atoms with E-state index in [1.54, 1.807) is 36.4 Å². The molecular formula is C15H15Cl2N3O. The topological polar surface area (TPSA) is 67.2 Å². The molecule has 0 saturated heterocycles. The summed E-state index contributed by atoms with van der Waals surface area (Å²) >= 11 is 12.0. The van der Waals surface area contributed by atoms with Crippen molar-refractivity contribution in [2.24, 2.45) is 0 Å². The maximum absolute atomic E-state index is 11.7. The Kier molecular flexibility index (Phi) is 4.94. The quantitative estimate of drug-likeness (QED) is 0.743. The number of carbonyl (C=O) groups excluding carboxylic acids is 1. The molecule has 0 aliphatic rings. The number of amides is 1. The zero-order chi connectivity index (χ0) is 15.4. The first-order valence-corrected chi connectivity index (χ1v) is 7.16. The largest absolute Gasteiger partial charge is 0.397 e. The molecule has 110 valence electrons. The van der Waals surface area contributed by atoms with Crippen LogP contribution in [0.1, 0.15) is 17.3 Å². The predicted molar refractivity (Wildman–Crippen MR) is 88.6 cm³/mol. The smallest absolute Gasteiger partial charge is 0.251 e. The lowest BCUT2D eigenvalue weighted by Gasteiger charge is -2.12. The molecule has 0 aliphatic heterocycles. The van der Waals surface area contributed by atoms with Crippen LogP contribution in [0.2, 0.25) is 10.0 Å². The van der Waals surface area contributed by atoms with E-state index in [1.165, 1.54) is 0 Å². The lowest BCUT2D eigenvalue weighted by Crippen LogP contribution is -2.22. The van der Waals surface area contributed by atoms with E-state index in [2.05, 4.69) is 10.6 Å². The molecule has 2 aromatic carbocycles. The highest BCUT2D eigenvalue weighted by Gasteiger charge is 2.08. The van der Waals surface area contributed by atoms with E-state index in [1.807, 2.05) is 6.92 Å². The van der Waals surface area contributed by atoms with Gasteiger partial charge in [0, 0.05) is 17.1 Å². The Labute approximate surface area is 133 Å². The number of nitrogens with one attached hydrogen (secondary N) is 2. The Bertz CT molecular complexity index is 674. The molecular weight excluding hydrogens is 309 g/mol. The molecule has 2 aromatic rings. The van der Waals surface area contributed by atoms with Gasteiger partial charge in [0.05, 0.1) is 22.1 Å². The Morgan fingerprint density at radius 2 is 1.86 bits per heavy atom. The molecule has 0 spiro atoms. The summed E-state index contributed by atoms with van der Waals surface area (Å²) in [7, 11) is 0. The molecule has 0 fully saturated rings. The van der Waals surface area contributed by atoms with Gasteiger partial charge in [0.1, 0.15) is 0 Å². The van der Waals surface area contributed by atoms with Crippen molar-refractivity contribution in [1.29, 1.82) is 0 Å². The van der Waals surface area contributed by atoms with Crippen molar-refractivity contribution in [3.8, 4) is 0 Å². The number of nitrogen functional groups attached to an aromatic ring is 1. The normalized spacial score (nSPS) is 10.2. The van der Waals surface area contributed by atoms with E-state index in [-0.39, 0.29) is 5.91 Å². The highest BCUT2D eigenvalue weighted by atomic mass is 35.5. The molecule has 0 bridgehead atoms. The fourth-order valence-electron chi connectivity index (χ4n) is 1.82. The minimum atomic E-state index is -0.153. The average Bonchev–Trinajstić information content (AvgIpc) is 2.44. The van der Waals surface area contributed by atoms with Gasteiger partial charge in [-0.05, 0) is 43.3 Å². The number of carbonyl (C=O) groups is 1. The van der Waals surface area contributed by atoms with E-state index < -0.39 is 0 Å². The van der Waals surface area contributed by atoms with Crippen molar-refractivity contribution in [2.45, 2.75) is 6.92 Å². The van der Waals surface area contributed by atoms with Gasteiger partial charge in [0.25, 0.3) is 5.91 Å². The van der Waals surface area contributed by atoms with Crippen LogP contribution in [0.25, 0.3) is 0 Å². The molecule has 0 atom stereocenters. The third-order valence-corrected chi connectivity index (χ3v) is 3.40. The van der Waals surface area contributed by atoms with Gasteiger partial charge in [-0.2, -0.15) is 0 Å². The van der Waals surface area contributed by atoms with Crippen molar-refractivity contribution >= 4 is 46.2 Å². The molecule has 21 heavy (non-hydrogen) atoms. The minimum Gasteiger partial charge on any atom is -0.397 e. The van der Waals surface area contributed by atoms with Crippen LogP contribution in [0.4, 0.5) is 17.1 Å². The number of benzene rings is 2. The molecule has 0 saturated carbocycles. The summed E-state index contributed by atoms with van der Waals surface area (Å²) in [5.41, 5.74) is 8.32. The minimum absolute atomic E-state index is 0.153. The summed E-state index contributed by atoms with van der Waals surface area (Å²) in [5.74, 6) is -0.153. The fourth-order valence-corrected chi connectivity index (χ4v) is 2.27. The van der Waals surface area contributed by atoms with Crippen molar-refractivity contribution in [3.05, 3.63) is 52.0 Å². The molecule has 0 heterocycles. The van der Waals surface area contributed by atoms with Crippen molar-refractivity contribution in [2.75, 3.05) is 17.6 Å². The summed E-state index contributed by atoms with van der Waals surface area (Å²) in [5, 5.41) is 6.90. The Morgan fingerprint density at radius 3 is 2.48 bits per heavy atom. The van der Waals surface area contributed by atoms with Gasteiger partial charge in [0.15, 0.2) is 0 Å². The number of rotatable bonds is 4. The van der Waals surface area contributed by atoms with Crippen LogP contribution in [0.15, 0.2) is 36.4 Å². The number of nitrogens with two attached hydrogens (primary N) is 1. The number of hydrogen-bond donors (Lipinski definition) is 3. The third-order valence-electron chi connectivity index (χ3n) is 2.85. The number of halogens is 2. The zero-order valence-corrected chi connectivity index (χ0v) is 12.9. The van der Waals surface area contributed by atoms with Gasteiger partial charge in [-0.3, -0.25) is 4.79 Å². The maximum atomic E-state index is 11.7. The van der Waals surface area contributed by atoms with E-state index >= 15 is 0 Å². The predicted octanol–water partition coefficient (Wildman–Crippen LogP) is 4.07. The first-order valence-electron chi connectivity index (χ1n) is 6.41. The van der Waals surface area contributed by atoms with Crippen LogP contribution in [0.3, 0.4) is 0 Å². The molecule has 0 aromatic heterocycles. The Balaban J connectivity index is 2.23. The van der Waals surface area contributed by atoms with Crippen LogP contribution >= 0.6 is 23.2 Å². The van der Waals surface area contributed by atoms with Crippen LogP contribution in [-0.4, -0.2) is 12.5 Å². The monoisotopic (exact) mass is 323 g/mol. The van der Waals surface area contributed by atoms with Crippen molar-refractivity contribution < 1.29 is 4.79 Å². The maximum Gasteiger partial charge on any atom is 0.251 e. The second-order valence-electron chi connectivity index (χ2n) is 4.41. The molecule has 1 amide bonds. The highest BCUT2D eigenvalue weighted by Crippen LogP contribution is 2.30. The average molecular weight is 324 g/mol. The number of anilines is 3. The second-order valence-corrected chi connectivity index (χ2v) is 5.25. The first-order chi connectivity index (χ1) is 10.0. The molecule has 0 aliphatic carbocycles. The van der Waals surface area contributed by atoms with Crippen molar-refractivity contribution in [3.63, 3.8) is 0 Å². The molecule has 0 radical (unpaired) electrons. The van der Waals surface area contributed by atoms with Gasteiger partial charge in [-0.1, -0.05) is 23.2 Å². The lowest BCUT2D eigenvalue weighted by atomic mass is 10.1. The standard InChI is InChI=1S/C15H15Cl2N3O/c1-2-19-15(21)9-3-5-14(12(18)7-9)20-13-6-4-10(16)8-11(13)17/h3-8,20H,2,18H2,1H3,(H,19,21). The molecule has 4 N–H and O–H groups in total. The second kappa shape index (κ2) is 6.70. The van der Waals surface area contributed by atoms with Gasteiger partial charge < -0.3 is 16.4 Å². The lowest BCUT2D eigenvalue weighted by molar-refractivity contribution is 0.0956. The van der Waals surface area contributed by atoms with Gasteiger partial charge in [-0.15, -0.1) is 0 Å². The molecule has 0 unspecified atom stereocenters. The molecule has 2 rings (SSSR count). The summed E-state index contributed by atoms with van der Waals surface area (Å²) in [6, 6.07) is 10.2. The zero-order valence-electron chi connectivity index (χ0n) is 11.4. The van der Waals surface area contributed by atoms with Gasteiger partial charge in [-0.25, -0.2) is 0 Å².